The number of anilines is 5. The molecule has 2 N–H and O–H groups in total. The number of pyridine rings is 1. The summed E-state index contributed by atoms with van der Waals surface area (Å²) < 4.78 is 72.5. The number of amides is 1. The Bertz CT molecular complexity index is 1470. The molecule has 0 bridgehead atoms. The molecule has 2 aromatic heterocycles. The fourth-order valence-corrected chi connectivity index (χ4v) is 4.30. The summed E-state index contributed by atoms with van der Waals surface area (Å²) >= 11 is 0. The van der Waals surface area contributed by atoms with E-state index in [1.165, 1.54) is 35.7 Å². The Balaban J connectivity index is 1.70. The second-order valence-corrected chi connectivity index (χ2v) is 10.1. The zero-order valence-corrected chi connectivity index (χ0v) is 24.2. The largest absolute Gasteiger partial charge is 0.466 e. The molecular formula is C28H31F5N8O3. The number of hydrogen-bond acceptors (Lipinski definition) is 10. The maximum Gasteiger partial charge on any atom is 0.422 e. The number of nitrogens with one attached hydrogen (secondary N) is 2. The van der Waals surface area contributed by atoms with E-state index in [4.69, 9.17) is 9.57 Å². The van der Waals surface area contributed by atoms with Crippen molar-refractivity contribution in [3.05, 3.63) is 66.5 Å². The van der Waals surface area contributed by atoms with Crippen molar-refractivity contribution in [2.45, 2.75) is 18.6 Å². The Kier molecular flexibility index (Phi) is 10.2. The Morgan fingerprint density at radius 2 is 1.84 bits per heavy atom. The number of benzene rings is 1. The molecule has 0 radical (unpaired) electrons. The van der Waals surface area contributed by atoms with Gasteiger partial charge in [-0.3, -0.25) is 9.63 Å². The van der Waals surface area contributed by atoms with Gasteiger partial charge < -0.3 is 25.2 Å². The minimum Gasteiger partial charge on any atom is -0.466 e. The van der Waals surface area contributed by atoms with Crippen LogP contribution in [0.4, 0.5) is 50.8 Å². The molecule has 1 aliphatic heterocycles. The number of nitrogens with zero attached hydrogens (tertiary/aromatic N) is 6. The van der Waals surface area contributed by atoms with E-state index in [0.717, 1.165) is 12.1 Å². The van der Waals surface area contributed by atoms with E-state index < -0.39 is 42.2 Å². The first kappa shape index (κ1) is 32.3. The number of likely N-dealkylation sites (N-methyl/N-ethyl adjacent to an activating group) is 2. The number of hydrogen-bond donors (Lipinski definition) is 2. The topological polar surface area (TPSA) is 108 Å². The minimum absolute atomic E-state index is 0.0471. The standard InChI is InChI=1S/C28H31F5N8O3/c1-5-25(42)37-20-13-21(27(43-15-28(31,32)33)38-26(20)40(4)8-7-39(2)3)36-23-14-24(35-16-34-23)41-22(6-9-44-41)17-10-18(29)12-19(30)11-17/h5,10-14,16,22H,1,6-9,15H2,2-4H3,(H,37,42)(H,34,35,36). The highest BCUT2D eigenvalue weighted by atomic mass is 19.4. The number of halogens is 5. The minimum atomic E-state index is -4.66. The van der Waals surface area contributed by atoms with Crippen molar-refractivity contribution >= 4 is 34.7 Å². The molecule has 1 atom stereocenters. The quantitative estimate of drug-likeness (QED) is 0.215. The Hall–Kier alpha value is -4.57. The average Bonchev–Trinajstić information content (AvgIpc) is 3.45. The monoisotopic (exact) mass is 622 g/mol. The van der Waals surface area contributed by atoms with Crippen LogP contribution >= 0.6 is 0 Å². The van der Waals surface area contributed by atoms with Gasteiger partial charge in [0.2, 0.25) is 11.8 Å². The molecule has 1 aromatic carbocycles. The molecule has 1 unspecified atom stereocenters. The van der Waals surface area contributed by atoms with Crippen LogP contribution in [0.5, 0.6) is 5.88 Å². The molecule has 0 aliphatic carbocycles. The predicted molar refractivity (Wildman–Crippen MR) is 154 cm³/mol. The normalized spacial score (nSPS) is 14.9. The van der Waals surface area contributed by atoms with Crippen LogP contribution in [0.1, 0.15) is 18.0 Å². The molecule has 3 aromatic rings. The van der Waals surface area contributed by atoms with Gasteiger partial charge in [0.05, 0.1) is 18.3 Å². The van der Waals surface area contributed by atoms with Crippen molar-refractivity contribution in [1.29, 1.82) is 0 Å². The lowest BCUT2D eigenvalue weighted by Gasteiger charge is -2.25. The van der Waals surface area contributed by atoms with Crippen LogP contribution in [0.25, 0.3) is 0 Å². The first-order valence-electron chi connectivity index (χ1n) is 13.3. The van der Waals surface area contributed by atoms with Gasteiger partial charge >= 0.3 is 6.18 Å². The summed E-state index contributed by atoms with van der Waals surface area (Å²) in [6.45, 7) is 3.06. The van der Waals surface area contributed by atoms with Crippen LogP contribution < -0.4 is 25.3 Å². The summed E-state index contributed by atoms with van der Waals surface area (Å²) in [6, 6.07) is 5.38. The van der Waals surface area contributed by atoms with E-state index in [2.05, 4.69) is 32.2 Å². The molecule has 44 heavy (non-hydrogen) atoms. The second-order valence-electron chi connectivity index (χ2n) is 10.1. The van der Waals surface area contributed by atoms with Crippen molar-refractivity contribution in [2.75, 3.05) is 68.0 Å². The number of carbonyl (C=O) groups is 1. The van der Waals surface area contributed by atoms with Crippen LogP contribution in [0.15, 0.2) is 49.3 Å². The zero-order valence-electron chi connectivity index (χ0n) is 24.2. The molecule has 4 rings (SSSR count). The third-order valence-corrected chi connectivity index (χ3v) is 6.34. The van der Waals surface area contributed by atoms with Crippen molar-refractivity contribution in [3.63, 3.8) is 0 Å². The smallest absolute Gasteiger partial charge is 0.422 e. The van der Waals surface area contributed by atoms with Gasteiger partial charge in [0, 0.05) is 38.7 Å². The summed E-state index contributed by atoms with van der Waals surface area (Å²) in [4.78, 5) is 34.2. The number of hydroxylamine groups is 1. The van der Waals surface area contributed by atoms with Gasteiger partial charge in [0.15, 0.2) is 18.2 Å². The molecule has 1 aliphatic rings. The molecular weight excluding hydrogens is 591 g/mol. The van der Waals surface area contributed by atoms with E-state index in [-0.39, 0.29) is 35.4 Å². The van der Waals surface area contributed by atoms with Crippen LogP contribution in [-0.2, 0) is 9.63 Å². The van der Waals surface area contributed by atoms with Crippen molar-refractivity contribution in [2.24, 2.45) is 0 Å². The predicted octanol–water partition coefficient (Wildman–Crippen LogP) is 4.84. The molecule has 16 heteroatoms. The van der Waals surface area contributed by atoms with Crippen LogP contribution in [-0.4, -0.2) is 79.4 Å². The molecule has 1 saturated heterocycles. The third kappa shape index (κ3) is 8.50. The molecule has 236 valence electrons. The maximum atomic E-state index is 13.9. The summed E-state index contributed by atoms with van der Waals surface area (Å²) in [7, 11) is 5.38. The van der Waals surface area contributed by atoms with Crippen molar-refractivity contribution < 1.29 is 36.3 Å². The molecule has 3 heterocycles. The summed E-state index contributed by atoms with van der Waals surface area (Å²) in [6.07, 6.45) is -2.04. The first-order chi connectivity index (χ1) is 20.8. The van der Waals surface area contributed by atoms with E-state index in [1.54, 1.807) is 11.9 Å². The Morgan fingerprint density at radius 3 is 2.50 bits per heavy atom. The third-order valence-electron chi connectivity index (χ3n) is 6.34. The fraction of sp³-hybridized carbons (Fsp3) is 0.357. The lowest BCUT2D eigenvalue weighted by Crippen LogP contribution is -2.30. The highest BCUT2D eigenvalue weighted by molar-refractivity contribution is 6.01. The Labute approximate surface area is 250 Å². The lowest BCUT2D eigenvalue weighted by molar-refractivity contribution is -0.153. The number of aromatic nitrogens is 3. The van der Waals surface area contributed by atoms with Gasteiger partial charge in [-0.25, -0.2) is 23.8 Å². The first-order valence-corrected chi connectivity index (χ1v) is 13.3. The second kappa shape index (κ2) is 13.8. The maximum absolute atomic E-state index is 13.9. The number of alkyl halides is 3. The van der Waals surface area contributed by atoms with Gasteiger partial charge in [-0.1, -0.05) is 6.58 Å². The average molecular weight is 623 g/mol. The van der Waals surface area contributed by atoms with Crippen LogP contribution in [0.2, 0.25) is 0 Å². The molecule has 1 amide bonds. The lowest BCUT2D eigenvalue weighted by atomic mass is 10.0. The highest BCUT2D eigenvalue weighted by Crippen LogP contribution is 2.38. The van der Waals surface area contributed by atoms with Gasteiger partial charge in [-0.15, -0.1) is 0 Å². The van der Waals surface area contributed by atoms with Crippen molar-refractivity contribution in [1.82, 2.24) is 19.9 Å². The molecule has 0 spiro atoms. The molecule has 11 nitrogen and oxygen atoms in total. The zero-order chi connectivity index (χ0) is 32.0. The van der Waals surface area contributed by atoms with Crippen molar-refractivity contribution in [3.8, 4) is 5.88 Å². The fourth-order valence-electron chi connectivity index (χ4n) is 4.30. The van der Waals surface area contributed by atoms with Crippen LogP contribution in [0.3, 0.4) is 0 Å². The summed E-state index contributed by atoms with van der Waals surface area (Å²) in [5.74, 6) is -2.00. The van der Waals surface area contributed by atoms with E-state index in [1.807, 2.05) is 19.0 Å². The number of rotatable bonds is 12. The van der Waals surface area contributed by atoms with Gasteiger partial charge in [-0.2, -0.15) is 18.2 Å². The van der Waals surface area contributed by atoms with Gasteiger partial charge in [0.1, 0.15) is 29.5 Å². The summed E-state index contributed by atoms with van der Waals surface area (Å²) in [5, 5.41) is 6.88. The van der Waals surface area contributed by atoms with Gasteiger partial charge in [-0.05, 0) is 43.9 Å². The molecule has 0 saturated carbocycles. The van der Waals surface area contributed by atoms with Gasteiger partial charge in [0.25, 0.3) is 0 Å². The molecule has 1 fully saturated rings. The van der Waals surface area contributed by atoms with E-state index >= 15 is 0 Å². The SMILES string of the molecule is C=CC(=O)Nc1cc(Nc2cc(N3OCCC3c3cc(F)cc(F)c3)ncn2)c(OCC(F)(F)F)nc1N(C)CCN(C)C. The number of carbonyl (C=O) groups excluding carboxylic acids is 1. The number of ether oxygens (including phenoxy) is 1. The summed E-state index contributed by atoms with van der Waals surface area (Å²) in [5.41, 5.74) is 0.453. The van der Waals surface area contributed by atoms with Crippen LogP contribution in [0, 0.1) is 11.6 Å². The Morgan fingerprint density at radius 1 is 1.11 bits per heavy atom. The van der Waals surface area contributed by atoms with E-state index in [9.17, 15) is 26.7 Å². The highest BCUT2D eigenvalue weighted by Gasteiger charge is 2.31. The van der Waals surface area contributed by atoms with E-state index in [0.29, 0.717) is 25.1 Å².